The Labute approximate surface area is 162 Å². The minimum absolute atomic E-state index is 0.000447. The SMILES string of the molecule is CN(C(=O)Cn1cnc2onc(-c3ccc(F)cc3)c2c1=O)c1ccccc1F. The standard InChI is InChI=1S/C20H14F2N4O3/c1-25(15-5-3-2-4-14(15)22)16(27)10-26-11-23-19-17(20(26)28)18(24-29-19)12-6-8-13(21)9-7-12/h2-9,11H,10H2,1H3. The Balaban J connectivity index is 1.70. The summed E-state index contributed by atoms with van der Waals surface area (Å²) in [5, 5.41) is 3.92. The lowest BCUT2D eigenvalue weighted by Gasteiger charge is -2.18. The molecule has 0 fully saturated rings. The fraction of sp³-hybridized carbons (Fsp3) is 0.100. The van der Waals surface area contributed by atoms with Gasteiger partial charge in [0.05, 0.1) is 5.69 Å². The Morgan fingerprint density at radius 3 is 2.59 bits per heavy atom. The van der Waals surface area contributed by atoms with E-state index >= 15 is 0 Å². The van der Waals surface area contributed by atoms with Crippen LogP contribution in [-0.2, 0) is 11.3 Å². The molecular weight excluding hydrogens is 382 g/mol. The Hall–Kier alpha value is -3.88. The van der Waals surface area contributed by atoms with Crippen molar-refractivity contribution in [3.63, 3.8) is 0 Å². The number of amides is 1. The summed E-state index contributed by atoms with van der Waals surface area (Å²) in [6.45, 7) is -0.360. The lowest BCUT2D eigenvalue weighted by Crippen LogP contribution is -2.34. The lowest BCUT2D eigenvalue weighted by atomic mass is 10.1. The van der Waals surface area contributed by atoms with Gasteiger partial charge >= 0.3 is 0 Å². The van der Waals surface area contributed by atoms with E-state index in [4.69, 9.17) is 4.52 Å². The third-order valence-electron chi connectivity index (χ3n) is 4.47. The highest BCUT2D eigenvalue weighted by molar-refractivity contribution is 5.93. The molecule has 0 unspecified atom stereocenters. The second-order valence-corrected chi connectivity index (χ2v) is 6.30. The van der Waals surface area contributed by atoms with Gasteiger partial charge in [-0.1, -0.05) is 17.3 Å². The minimum Gasteiger partial charge on any atom is -0.335 e. The average molecular weight is 396 g/mol. The number of para-hydroxylation sites is 1. The molecule has 0 saturated heterocycles. The maximum absolute atomic E-state index is 13.9. The predicted octanol–water partition coefficient (Wildman–Crippen LogP) is 2.99. The largest absolute Gasteiger partial charge is 0.335 e. The van der Waals surface area contributed by atoms with E-state index in [-0.39, 0.29) is 29.0 Å². The number of carbonyl (C=O) groups is 1. The minimum atomic E-state index is -0.554. The number of benzene rings is 2. The molecule has 29 heavy (non-hydrogen) atoms. The van der Waals surface area contributed by atoms with Crippen LogP contribution < -0.4 is 10.5 Å². The summed E-state index contributed by atoms with van der Waals surface area (Å²) in [7, 11) is 1.42. The molecular formula is C20H14F2N4O3. The van der Waals surface area contributed by atoms with Crippen molar-refractivity contribution in [2.75, 3.05) is 11.9 Å². The van der Waals surface area contributed by atoms with E-state index in [2.05, 4.69) is 10.1 Å². The van der Waals surface area contributed by atoms with Crippen molar-refractivity contribution in [2.45, 2.75) is 6.54 Å². The number of nitrogens with zero attached hydrogens (tertiary/aromatic N) is 4. The van der Waals surface area contributed by atoms with Crippen LogP contribution >= 0.6 is 0 Å². The Morgan fingerprint density at radius 2 is 1.86 bits per heavy atom. The number of carbonyl (C=O) groups excluding carboxylic acids is 1. The van der Waals surface area contributed by atoms with Crippen LogP contribution in [0.3, 0.4) is 0 Å². The highest BCUT2D eigenvalue weighted by Gasteiger charge is 2.20. The number of hydrogen-bond donors (Lipinski definition) is 0. The molecule has 7 nitrogen and oxygen atoms in total. The molecule has 0 aliphatic carbocycles. The number of fused-ring (bicyclic) bond motifs is 1. The molecule has 1 amide bonds. The van der Waals surface area contributed by atoms with E-state index in [9.17, 15) is 18.4 Å². The van der Waals surface area contributed by atoms with Gasteiger partial charge in [0.1, 0.15) is 35.6 Å². The van der Waals surface area contributed by atoms with Crippen LogP contribution in [0, 0.1) is 11.6 Å². The van der Waals surface area contributed by atoms with Crippen molar-refractivity contribution in [1.29, 1.82) is 0 Å². The van der Waals surface area contributed by atoms with Gasteiger partial charge in [-0.25, -0.2) is 13.8 Å². The van der Waals surface area contributed by atoms with Crippen molar-refractivity contribution in [1.82, 2.24) is 14.7 Å². The molecule has 0 aliphatic heterocycles. The van der Waals surface area contributed by atoms with Crippen LogP contribution in [-0.4, -0.2) is 27.7 Å². The van der Waals surface area contributed by atoms with E-state index in [0.29, 0.717) is 5.56 Å². The van der Waals surface area contributed by atoms with Crippen LogP contribution in [0.2, 0.25) is 0 Å². The Bertz CT molecular complexity index is 1260. The van der Waals surface area contributed by atoms with E-state index in [1.807, 2.05) is 0 Å². The average Bonchev–Trinajstić information content (AvgIpc) is 3.15. The first-order valence-corrected chi connectivity index (χ1v) is 8.57. The molecule has 146 valence electrons. The molecule has 4 aromatic rings. The van der Waals surface area contributed by atoms with Gasteiger partial charge in [0, 0.05) is 12.6 Å². The van der Waals surface area contributed by atoms with Crippen molar-refractivity contribution in [3.05, 3.63) is 76.8 Å². The zero-order chi connectivity index (χ0) is 20.5. The summed E-state index contributed by atoms with van der Waals surface area (Å²) >= 11 is 0. The van der Waals surface area contributed by atoms with Gasteiger partial charge in [0.15, 0.2) is 0 Å². The van der Waals surface area contributed by atoms with Crippen molar-refractivity contribution >= 4 is 22.7 Å². The van der Waals surface area contributed by atoms with Gasteiger partial charge in [-0.3, -0.25) is 14.2 Å². The number of hydrogen-bond acceptors (Lipinski definition) is 5. The van der Waals surface area contributed by atoms with Crippen LogP contribution in [0.4, 0.5) is 14.5 Å². The molecule has 9 heteroatoms. The van der Waals surface area contributed by atoms with E-state index in [1.54, 1.807) is 6.07 Å². The summed E-state index contributed by atoms with van der Waals surface area (Å²) < 4.78 is 33.3. The first-order valence-electron chi connectivity index (χ1n) is 8.57. The van der Waals surface area contributed by atoms with E-state index in [1.165, 1.54) is 49.5 Å². The van der Waals surface area contributed by atoms with Crippen LogP contribution in [0.5, 0.6) is 0 Å². The van der Waals surface area contributed by atoms with E-state index in [0.717, 1.165) is 15.8 Å². The molecule has 0 radical (unpaired) electrons. The van der Waals surface area contributed by atoms with Crippen LogP contribution in [0.15, 0.2) is 64.2 Å². The number of aromatic nitrogens is 3. The van der Waals surface area contributed by atoms with E-state index < -0.39 is 23.1 Å². The van der Waals surface area contributed by atoms with Crippen LogP contribution in [0.1, 0.15) is 0 Å². The molecule has 0 atom stereocenters. The zero-order valence-corrected chi connectivity index (χ0v) is 15.2. The quantitative estimate of drug-likeness (QED) is 0.530. The first kappa shape index (κ1) is 18.5. The maximum atomic E-state index is 13.9. The summed E-state index contributed by atoms with van der Waals surface area (Å²) in [4.78, 5) is 30.6. The third kappa shape index (κ3) is 3.38. The monoisotopic (exact) mass is 396 g/mol. The predicted molar refractivity (Wildman–Crippen MR) is 101 cm³/mol. The molecule has 2 aromatic heterocycles. The second kappa shape index (κ2) is 7.27. The molecule has 2 heterocycles. The first-order chi connectivity index (χ1) is 14.0. The van der Waals surface area contributed by atoms with Gasteiger partial charge in [-0.05, 0) is 36.4 Å². The fourth-order valence-electron chi connectivity index (χ4n) is 2.91. The number of likely N-dealkylation sites (N-methyl/N-ethyl adjacent to an activating group) is 1. The van der Waals surface area contributed by atoms with Gasteiger partial charge in [0.25, 0.3) is 11.3 Å². The second-order valence-electron chi connectivity index (χ2n) is 6.30. The van der Waals surface area contributed by atoms with Gasteiger partial charge < -0.3 is 9.42 Å². The summed E-state index contributed by atoms with van der Waals surface area (Å²) in [6.07, 6.45) is 1.16. The Kier molecular flexibility index (Phi) is 4.63. The molecule has 0 spiro atoms. The summed E-state index contributed by atoms with van der Waals surface area (Å²) in [5.41, 5.74) is 0.210. The molecule has 0 saturated carbocycles. The van der Waals surface area contributed by atoms with Crippen molar-refractivity contribution in [2.24, 2.45) is 0 Å². The third-order valence-corrected chi connectivity index (χ3v) is 4.47. The van der Waals surface area contributed by atoms with Crippen molar-refractivity contribution < 1.29 is 18.1 Å². The molecule has 4 rings (SSSR count). The zero-order valence-electron chi connectivity index (χ0n) is 15.2. The number of rotatable bonds is 4. The van der Waals surface area contributed by atoms with Gasteiger partial charge in [-0.2, -0.15) is 0 Å². The summed E-state index contributed by atoms with van der Waals surface area (Å²) in [5.74, 6) is -1.50. The van der Waals surface area contributed by atoms with Crippen molar-refractivity contribution in [3.8, 4) is 11.3 Å². The number of anilines is 1. The fourth-order valence-corrected chi connectivity index (χ4v) is 2.91. The highest BCUT2D eigenvalue weighted by atomic mass is 19.1. The van der Waals surface area contributed by atoms with Crippen LogP contribution in [0.25, 0.3) is 22.4 Å². The lowest BCUT2D eigenvalue weighted by molar-refractivity contribution is -0.119. The topological polar surface area (TPSA) is 81.2 Å². The van der Waals surface area contributed by atoms with Gasteiger partial charge in [0.2, 0.25) is 5.91 Å². The van der Waals surface area contributed by atoms with Gasteiger partial charge in [-0.15, -0.1) is 0 Å². The summed E-state index contributed by atoms with van der Waals surface area (Å²) in [6, 6.07) is 11.2. The number of halogens is 2. The normalized spacial score (nSPS) is 11.0. The molecule has 2 aromatic carbocycles. The molecule has 0 N–H and O–H groups in total. The smallest absolute Gasteiger partial charge is 0.267 e. The molecule has 0 aliphatic rings. The Morgan fingerprint density at radius 1 is 1.14 bits per heavy atom. The molecule has 0 bridgehead atoms. The maximum Gasteiger partial charge on any atom is 0.267 e. The highest BCUT2D eigenvalue weighted by Crippen LogP contribution is 2.24.